The molecule has 3 fully saturated rings. The molecule has 0 bridgehead atoms. The van der Waals surface area contributed by atoms with E-state index >= 15 is 0 Å². The Morgan fingerprint density at radius 3 is 2.16 bits per heavy atom. The Labute approximate surface area is 304 Å². The third-order valence-corrected chi connectivity index (χ3v) is 12.9. The minimum atomic E-state index is -0.687. The van der Waals surface area contributed by atoms with E-state index in [0.29, 0.717) is 57.0 Å². The van der Waals surface area contributed by atoms with Gasteiger partial charge in [0.15, 0.2) is 0 Å². The fourth-order valence-corrected chi connectivity index (χ4v) is 10.7. The van der Waals surface area contributed by atoms with Gasteiger partial charge in [-0.05, 0) is 72.6 Å². The van der Waals surface area contributed by atoms with Crippen molar-refractivity contribution in [3.05, 3.63) is 70.8 Å². The van der Waals surface area contributed by atoms with Gasteiger partial charge < -0.3 is 30.7 Å². The minimum Gasteiger partial charge on any atom is -0.367 e. The van der Waals surface area contributed by atoms with Crippen LogP contribution in [0.1, 0.15) is 55.0 Å². The topological polar surface area (TPSA) is 114 Å². The monoisotopic (exact) mass is 716 g/mol. The van der Waals surface area contributed by atoms with E-state index < -0.39 is 29.5 Å². The van der Waals surface area contributed by atoms with Gasteiger partial charge in [0, 0.05) is 38.6 Å². The zero-order valence-corrected chi connectivity index (χ0v) is 30.8. The number of amides is 4. The molecule has 5 aliphatic rings. The second-order valence-electron chi connectivity index (χ2n) is 15.1. The first-order valence-corrected chi connectivity index (χ1v) is 19.4. The number of hydrogen-bond donors (Lipinski definition) is 3. The van der Waals surface area contributed by atoms with Crippen LogP contribution >= 0.6 is 24.0 Å². The van der Waals surface area contributed by atoms with E-state index in [2.05, 4.69) is 41.9 Å². The zero-order chi connectivity index (χ0) is 35.2. The number of carbonyl (C=O) groups excluding carboxylic acids is 4. The third kappa shape index (κ3) is 6.66. The Morgan fingerprint density at radius 2 is 1.50 bits per heavy atom. The van der Waals surface area contributed by atoms with E-state index in [1.807, 2.05) is 53.2 Å². The summed E-state index contributed by atoms with van der Waals surface area (Å²) < 4.78 is 0. The van der Waals surface area contributed by atoms with Gasteiger partial charge in [-0.2, -0.15) is 0 Å². The summed E-state index contributed by atoms with van der Waals surface area (Å²) in [6, 6.07) is 14.6. The van der Waals surface area contributed by atoms with E-state index in [0.717, 1.165) is 29.7 Å². The second kappa shape index (κ2) is 14.3. The van der Waals surface area contributed by atoms with Crippen LogP contribution in [0.25, 0.3) is 0 Å². The van der Waals surface area contributed by atoms with Gasteiger partial charge in [-0.1, -0.05) is 74.6 Å². The number of nitrogens with one attached hydrogen (secondary N) is 3. The van der Waals surface area contributed by atoms with Gasteiger partial charge in [0.1, 0.15) is 12.1 Å². The van der Waals surface area contributed by atoms with Gasteiger partial charge in [0.2, 0.25) is 23.6 Å². The summed E-state index contributed by atoms with van der Waals surface area (Å²) in [4.78, 5) is 62.5. The summed E-state index contributed by atoms with van der Waals surface area (Å²) in [5, 5.41) is 9.48. The fourth-order valence-electron chi connectivity index (χ4n) is 8.87. The van der Waals surface area contributed by atoms with Crippen LogP contribution in [-0.4, -0.2) is 106 Å². The maximum absolute atomic E-state index is 14.5. The first-order valence-electron chi connectivity index (χ1n) is 18.0. The zero-order valence-electron chi connectivity index (χ0n) is 29.2. The van der Waals surface area contributed by atoms with Crippen molar-refractivity contribution >= 4 is 52.6 Å². The summed E-state index contributed by atoms with van der Waals surface area (Å²) in [6.07, 6.45) is 3.42. The number of piperazine rings is 1. The standard InChI is InChI=1S/C38H48N6O4S2/c1-38(2)21-31-44(37(48)29(12-17-50-31)40-30(49)22-39-3)33(38)34(45)41-32-27-11-7-6-10-25(27)20-28(32)36(47)43-15-13-42(14-16-43)35(46)26-18-23-8-4-5-9-24(23)19-26/h4-11,26,28-29,31-33,39H,12-22H2,1-3H3,(H,40,49)(H,41,45)/t28-,29+,31?,32?,33-/m1/s1. The van der Waals surface area contributed by atoms with Crippen LogP contribution in [0.5, 0.6) is 0 Å². The van der Waals surface area contributed by atoms with Gasteiger partial charge in [-0.3, -0.25) is 19.2 Å². The predicted molar refractivity (Wildman–Crippen MR) is 198 cm³/mol. The first kappa shape index (κ1) is 34.9. The second-order valence-corrected chi connectivity index (χ2v) is 16.9. The Hall–Kier alpha value is -3.48. The highest BCUT2D eigenvalue weighted by molar-refractivity contribution is 7.99. The van der Waals surface area contributed by atoms with Crippen molar-refractivity contribution in [3.8, 4) is 0 Å². The molecule has 3 N–H and O–H groups in total. The molecule has 0 saturated carbocycles. The molecule has 2 unspecified atom stereocenters. The normalized spacial score (nSPS) is 27.3. The van der Waals surface area contributed by atoms with Crippen molar-refractivity contribution in [1.82, 2.24) is 30.7 Å². The van der Waals surface area contributed by atoms with Crippen molar-refractivity contribution in [1.29, 1.82) is 0 Å². The molecule has 10 nitrogen and oxygen atoms in total. The van der Waals surface area contributed by atoms with Crippen molar-refractivity contribution in [2.45, 2.75) is 69.5 Å². The molecule has 0 aromatic heterocycles. The number of fused-ring (bicyclic) bond motifs is 3. The number of hydrogen-bond acceptors (Lipinski definition) is 7. The summed E-state index contributed by atoms with van der Waals surface area (Å²) in [6.45, 7) is 6.55. The summed E-state index contributed by atoms with van der Waals surface area (Å²) in [5.41, 5.74) is 4.06. The molecule has 0 spiro atoms. The van der Waals surface area contributed by atoms with Crippen LogP contribution in [0.3, 0.4) is 0 Å². The lowest BCUT2D eigenvalue weighted by Crippen LogP contribution is -2.58. The molecule has 2 aromatic carbocycles. The van der Waals surface area contributed by atoms with E-state index in [9.17, 15) is 19.2 Å². The maximum atomic E-state index is 14.5. The predicted octanol–water partition coefficient (Wildman–Crippen LogP) is 2.70. The fraction of sp³-hybridized carbons (Fsp3) is 0.553. The first-order chi connectivity index (χ1) is 24.1. The molecular formula is C38H48N6O4S2. The molecule has 3 heterocycles. The van der Waals surface area contributed by atoms with Crippen molar-refractivity contribution in [2.75, 3.05) is 45.5 Å². The smallest absolute Gasteiger partial charge is 0.246 e. The highest BCUT2D eigenvalue weighted by Crippen LogP contribution is 2.47. The molecule has 266 valence electrons. The number of rotatable bonds is 7. The summed E-state index contributed by atoms with van der Waals surface area (Å²) >= 11 is 7.20. The lowest BCUT2D eigenvalue weighted by atomic mass is 9.83. The van der Waals surface area contributed by atoms with E-state index in [1.165, 1.54) is 11.1 Å². The van der Waals surface area contributed by atoms with Crippen LogP contribution in [0.4, 0.5) is 0 Å². The van der Waals surface area contributed by atoms with E-state index in [1.54, 1.807) is 16.7 Å². The lowest BCUT2D eigenvalue weighted by Gasteiger charge is -2.38. The van der Waals surface area contributed by atoms with Crippen LogP contribution in [0.2, 0.25) is 0 Å². The molecular weight excluding hydrogens is 669 g/mol. The molecule has 2 aliphatic carbocycles. The largest absolute Gasteiger partial charge is 0.367 e. The minimum absolute atomic E-state index is 0.000793. The molecule has 5 atom stereocenters. The van der Waals surface area contributed by atoms with E-state index in [4.69, 9.17) is 12.2 Å². The van der Waals surface area contributed by atoms with Crippen molar-refractivity contribution in [2.24, 2.45) is 17.3 Å². The Kier molecular flexibility index (Phi) is 9.97. The van der Waals surface area contributed by atoms with Crippen LogP contribution in [-0.2, 0) is 38.4 Å². The van der Waals surface area contributed by atoms with E-state index in [-0.39, 0.29) is 34.9 Å². The summed E-state index contributed by atoms with van der Waals surface area (Å²) in [5.74, 6) is 0.131. The molecule has 4 amide bonds. The number of thiocarbonyl (C=S) groups is 1. The molecule has 2 aromatic rings. The molecule has 0 radical (unpaired) electrons. The quantitative estimate of drug-likeness (QED) is 0.376. The maximum Gasteiger partial charge on any atom is 0.246 e. The number of carbonyl (C=O) groups is 4. The van der Waals surface area contributed by atoms with Crippen LogP contribution < -0.4 is 16.0 Å². The molecule has 7 rings (SSSR count). The Balaban J connectivity index is 1.05. The Morgan fingerprint density at radius 1 is 0.880 bits per heavy atom. The van der Waals surface area contributed by atoms with Gasteiger partial charge >= 0.3 is 0 Å². The number of thioether (sulfide) groups is 1. The van der Waals surface area contributed by atoms with Crippen LogP contribution in [0.15, 0.2) is 48.5 Å². The van der Waals surface area contributed by atoms with Gasteiger partial charge in [-0.15, -0.1) is 11.8 Å². The van der Waals surface area contributed by atoms with Crippen molar-refractivity contribution in [3.63, 3.8) is 0 Å². The lowest BCUT2D eigenvalue weighted by molar-refractivity contribution is -0.145. The summed E-state index contributed by atoms with van der Waals surface area (Å²) in [7, 11) is 1.81. The average molecular weight is 717 g/mol. The molecule has 3 aliphatic heterocycles. The number of likely N-dealkylation sites (N-methyl/N-ethyl adjacent to an activating group) is 1. The Bertz CT molecular complexity index is 1650. The van der Waals surface area contributed by atoms with Gasteiger partial charge in [0.25, 0.3) is 0 Å². The molecule has 3 saturated heterocycles. The van der Waals surface area contributed by atoms with Gasteiger partial charge in [0.05, 0.1) is 22.3 Å². The van der Waals surface area contributed by atoms with Crippen LogP contribution in [0, 0.1) is 17.3 Å². The van der Waals surface area contributed by atoms with Gasteiger partial charge in [-0.25, -0.2) is 0 Å². The highest BCUT2D eigenvalue weighted by Gasteiger charge is 2.55. The molecule has 12 heteroatoms. The number of benzene rings is 2. The number of nitrogens with zero attached hydrogens (tertiary/aromatic N) is 3. The SMILES string of the molecule is CNCC(=S)N[C@H]1CCSC2CC(C)(C)[C@@H](C(=O)NC3c4ccccc4C[C@H]3C(=O)N3CCN(C(=O)C4Cc5ccccc5C4)CC3)N2C1=O. The highest BCUT2D eigenvalue weighted by atomic mass is 32.2. The molecule has 50 heavy (non-hydrogen) atoms. The average Bonchev–Trinajstić information content (AvgIpc) is 3.75. The van der Waals surface area contributed by atoms with Crippen molar-refractivity contribution < 1.29 is 19.2 Å². The third-order valence-electron chi connectivity index (χ3n) is 11.4.